The fraction of sp³-hybridized carbons (Fsp3) is 0.182. The number of hydrogen-bond donors (Lipinski definition) is 7. The molecule has 9 N–H and O–H groups in total. The summed E-state index contributed by atoms with van der Waals surface area (Å²) in [5, 5.41) is 28.6. The Morgan fingerprint density at radius 2 is 1.32 bits per heavy atom. The van der Waals surface area contributed by atoms with Gasteiger partial charge in [-0.2, -0.15) is 0 Å². The molecule has 0 saturated carbocycles. The van der Waals surface area contributed by atoms with Crippen LogP contribution in [0, 0.1) is 0 Å². The van der Waals surface area contributed by atoms with Crippen molar-refractivity contribution in [3.63, 3.8) is 0 Å². The van der Waals surface area contributed by atoms with Crippen LogP contribution < -0.4 is 11.5 Å². The van der Waals surface area contributed by atoms with Crippen LogP contribution in [-0.4, -0.2) is 49.3 Å². The number of carbonyl (C=O) groups is 2. The van der Waals surface area contributed by atoms with E-state index >= 15 is 0 Å². The zero-order valence-electron chi connectivity index (χ0n) is 16.6. The largest absolute Gasteiger partial charge is 0.508 e. The third kappa shape index (κ3) is 5.21. The minimum Gasteiger partial charge on any atom is -0.508 e. The molecule has 0 aliphatic rings. The number of benzene rings is 2. The number of aromatic hydroxyl groups is 1. The van der Waals surface area contributed by atoms with Crippen molar-refractivity contribution >= 4 is 33.7 Å². The molecule has 2 atom stereocenters. The van der Waals surface area contributed by atoms with E-state index in [0.717, 1.165) is 32.9 Å². The number of phenols is 1. The Kier molecular flexibility index (Phi) is 6.58. The van der Waals surface area contributed by atoms with E-state index in [2.05, 4.69) is 9.97 Å². The topological polar surface area (TPSA) is 178 Å². The number of nitrogens with two attached hydrogens (primary N) is 2. The Hall–Kier alpha value is -3.82. The molecule has 0 unspecified atom stereocenters. The van der Waals surface area contributed by atoms with Gasteiger partial charge in [-0.3, -0.25) is 9.59 Å². The van der Waals surface area contributed by atoms with Gasteiger partial charge in [0.15, 0.2) is 0 Å². The van der Waals surface area contributed by atoms with E-state index in [1.165, 1.54) is 0 Å². The normalized spacial score (nSPS) is 12.8. The van der Waals surface area contributed by atoms with E-state index in [1.807, 2.05) is 30.5 Å². The first-order valence-corrected chi connectivity index (χ1v) is 9.57. The number of rotatable bonds is 6. The molecule has 162 valence electrons. The minimum atomic E-state index is -1.03. The van der Waals surface area contributed by atoms with E-state index in [1.54, 1.807) is 24.4 Å². The summed E-state index contributed by atoms with van der Waals surface area (Å²) in [6, 6.07) is 10.9. The number of nitrogens with one attached hydrogen (secondary N) is 2. The number of phenolic OH excluding ortho intramolecular Hbond substituents is 1. The molecule has 2 aromatic carbocycles. The van der Waals surface area contributed by atoms with Crippen molar-refractivity contribution in [2.24, 2.45) is 11.5 Å². The predicted octanol–water partition coefficient (Wildman–Crippen LogP) is 1.95. The number of aromatic amines is 2. The van der Waals surface area contributed by atoms with E-state index in [4.69, 9.17) is 21.7 Å². The number of carboxylic acids is 2. The molecule has 31 heavy (non-hydrogen) atoms. The average Bonchev–Trinajstić information content (AvgIpc) is 3.32. The highest BCUT2D eigenvalue weighted by Gasteiger charge is 2.15. The van der Waals surface area contributed by atoms with Gasteiger partial charge >= 0.3 is 11.9 Å². The number of aromatic nitrogens is 2. The van der Waals surface area contributed by atoms with Gasteiger partial charge in [0, 0.05) is 47.0 Å². The van der Waals surface area contributed by atoms with E-state index < -0.39 is 24.0 Å². The zero-order valence-corrected chi connectivity index (χ0v) is 16.6. The van der Waals surface area contributed by atoms with Gasteiger partial charge in [-0.25, -0.2) is 0 Å². The van der Waals surface area contributed by atoms with Gasteiger partial charge < -0.3 is 36.8 Å². The summed E-state index contributed by atoms with van der Waals surface area (Å²) in [4.78, 5) is 27.4. The monoisotopic (exact) mass is 424 g/mol. The van der Waals surface area contributed by atoms with Crippen molar-refractivity contribution in [1.29, 1.82) is 0 Å². The van der Waals surface area contributed by atoms with Gasteiger partial charge in [-0.15, -0.1) is 0 Å². The van der Waals surface area contributed by atoms with Gasteiger partial charge in [-0.1, -0.05) is 18.2 Å². The maximum absolute atomic E-state index is 10.6. The highest BCUT2D eigenvalue weighted by Crippen LogP contribution is 2.23. The molecule has 2 aromatic heterocycles. The third-order valence-corrected chi connectivity index (χ3v) is 4.94. The molecule has 4 rings (SSSR count). The summed E-state index contributed by atoms with van der Waals surface area (Å²) >= 11 is 0. The van der Waals surface area contributed by atoms with Crippen molar-refractivity contribution in [3.8, 4) is 5.75 Å². The van der Waals surface area contributed by atoms with E-state index in [9.17, 15) is 14.7 Å². The average molecular weight is 424 g/mol. The summed E-state index contributed by atoms with van der Waals surface area (Å²) in [6.07, 6.45) is 4.11. The molecule has 0 aliphatic heterocycles. The number of carboxylic acid groups (broad SMARTS) is 2. The van der Waals surface area contributed by atoms with Crippen LogP contribution in [0.1, 0.15) is 11.1 Å². The molecular weight excluding hydrogens is 400 g/mol. The molecule has 0 amide bonds. The lowest BCUT2D eigenvalue weighted by atomic mass is 10.1. The summed E-state index contributed by atoms with van der Waals surface area (Å²) in [5.41, 5.74) is 14.5. The van der Waals surface area contributed by atoms with Crippen molar-refractivity contribution in [2.45, 2.75) is 24.9 Å². The van der Waals surface area contributed by atoms with Crippen LogP contribution in [0.25, 0.3) is 21.8 Å². The first kappa shape index (κ1) is 21.9. The van der Waals surface area contributed by atoms with Crippen molar-refractivity contribution in [3.05, 3.63) is 66.0 Å². The lowest BCUT2D eigenvalue weighted by Gasteiger charge is -2.04. The van der Waals surface area contributed by atoms with Crippen LogP contribution in [0.4, 0.5) is 0 Å². The molecular formula is C22H24N4O5. The second-order valence-electron chi connectivity index (χ2n) is 7.20. The second-order valence-corrected chi connectivity index (χ2v) is 7.20. The van der Waals surface area contributed by atoms with Crippen molar-refractivity contribution < 1.29 is 24.9 Å². The maximum Gasteiger partial charge on any atom is 0.320 e. The van der Waals surface area contributed by atoms with Crippen LogP contribution >= 0.6 is 0 Å². The summed E-state index contributed by atoms with van der Waals surface area (Å²) in [6.45, 7) is 0. The van der Waals surface area contributed by atoms with Gasteiger partial charge in [0.1, 0.15) is 17.8 Å². The number of para-hydroxylation sites is 1. The van der Waals surface area contributed by atoms with Crippen LogP contribution in [0.15, 0.2) is 54.9 Å². The standard InChI is InChI=1S/C11H12N2O3.C11H12N2O2/c12-9(11(15)16)3-6-5-13-10-2-1-7(14)4-8(6)10;12-9(11(14)15)5-7-6-13-10-4-2-1-3-8(7)10/h1-2,4-5,9,13-14H,3,12H2,(H,15,16);1-4,6,9,13H,5,12H2,(H,14,15)/t2*9-/m01/s1. The highest BCUT2D eigenvalue weighted by molar-refractivity contribution is 5.86. The minimum absolute atomic E-state index is 0.150. The van der Waals surface area contributed by atoms with Crippen LogP contribution in [0.2, 0.25) is 0 Å². The number of aliphatic carboxylic acids is 2. The lowest BCUT2D eigenvalue weighted by Crippen LogP contribution is -2.32. The Bertz CT molecular complexity index is 1210. The van der Waals surface area contributed by atoms with E-state index in [-0.39, 0.29) is 12.2 Å². The van der Waals surface area contributed by atoms with Crippen molar-refractivity contribution in [2.75, 3.05) is 0 Å². The highest BCUT2D eigenvalue weighted by atomic mass is 16.4. The molecule has 0 bridgehead atoms. The zero-order chi connectivity index (χ0) is 22.5. The third-order valence-electron chi connectivity index (χ3n) is 4.94. The maximum atomic E-state index is 10.6. The Balaban J connectivity index is 0.000000176. The number of H-pyrrole nitrogens is 2. The smallest absolute Gasteiger partial charge is 0.320 e. The molecule has 9 heteroatoms. The molecule has 4 aromatic rings. The molecule has 2 heterocycles. The fourth-order valence-corrected chi connectivity index (χ4v) is 3.28. The second kappa shape index (κ2) is 9.33. The first-order chi connectivity index (χ1) is 14.8. The molecule has 0 saturated heterocycles. The number of fused-ring (bicyclic) bond motifs is 2. The van der Waals surface area contributed by atoms with Crippen molar-refractivity contribution in [1.82, 2.24) is 9.97 Å². The Morgan fingerprint density at radius 1 is 0.806 bits per heavy atom. The van der Waals surface area contributed by atoms with Gasteiger partial charge in [0.2, 0.25) is 0 Å². The van der Waals surface area contributed by atoms with Crippen LogP contribution in [0.5, 0.6) is 5.75 Å². The van der Waals surface area contributed by atoms with Gasteiger partial charge in [-0.05, 0) is 35.4 Å². The Labute approximate surface area is 177 Å². The quantitative estimate of drug-likeness (QED) is 0.247. The van der Waals surface area contributed by atoms with Crippen LogP contribution in [0.3, 0.4) is 0 Å². The van der Waals surface area contributed by atoms with E-state index in [0.29, 0.717) is 6.42 Å². The first-order valence-electron chi connectivity index (χ1n) is 9.57. The molecule has 0 fully saturated rings. The van der Waals surface area contributed by atoms with Crippen LogP contribution in [-0.2, 0) is 22.4 Å². The molecule has 9 nitrogen and oxygen atoms in total. The predicted molar refractivity (Wildman–Crippen MR) is 117 cm³/mol. The van der Waals surface area contributed by atoms with Gasteiger partial charge in [0.25, 0.3) is 0 Å². The SMILES string of the molecule is N[C@@H](Cc1c[nH]c2ccc(O)cc12)C(=O)O.N[C@H](Cc1c[nH]c2ccccc12)C(=O)O. The molecule has 0 aliphatic carbocycles. The lowest BCUT2D eigenvalue weighted by molar-refractivity contribution is -0.139. The number of hydrogen-bond acceptors (Lipinski definition) is 5. The summed E-state index contributed by atoms with van der Waals surface area (Å²) in [7, 11) is 0. The molecule has 0 spiro atoms. The fourth-order valence-electron chi connectivity index (χ4n) is 3.28. The molecule has 0 radical (unpaired) electrons. The van der Waals surface area contributed by atoms with Gasteiger partial charge in [0.05, 0.1) is 0 Å². The Morgan fingerprint density at radius 3 is 1.90 bits per heavy atom. The summed E-state index contributed by atoms with van der Waals surface area (Å²) in [5.74, 6) is -1.85. The summed E-state index contributed by atoms with van der Waals surface area (Å²) < 4.78 is 0.